The molecule has 0 saturated heterocycles. The normalized spacial score (nSPS) is 10.3. The Morgan fingerprint density at radius 1 is 0.952 bits per heavy atom. The third kappa shape index (κ3) is 12.3. The Hall–Kier alpha value is -1.18. The summed E-state index contributed by atoms with van der Waals surface area (Å²) in [6, 6.07) is 7.39. The fraction of sp³-hybridized carbons (Fsp3) is 0.600. The lowest BCUT2D eigenvalue weighted by molar-refractivity contribution is 0.386. The third-order valence-electron chi connectivity index (χ3n) is 2.60. The minimum absolute atomic E-state index is 0.376. The highest BCUT2D eigenvalue weighted by molar-refractivity contribution is 5.31. The molecule has 0 fully saturated rings. The number of nitrogens with two attached hydrogens (primary N) is 2. The number of nitrogens with one attached hydrogen (secondary N) is 2. The molecule has 0 aromatic heterocycles. The number of benzene rings is 1. The van der Waals surface area contributed by atoms with Crippen molar-refractivity contribution in [3.05, 3.63) is 29.8 Å². The van der Waals surface area contributed by atoms with Gasteiger partial charge in [-0.25, -0.2) is 0 Å². The minimum Gasteiger partial charge on any atom is -0.508 e. The van der Waals surface area contributed by atoms with Gasteiger partial charge in [0.05, 0.1) is 0 Å². The number of nitrogens with zero attached hydrogens (tertiary/aromatic N) is 1. The summed E-state index contributed by atoms with van der Waals surface area (Å²) in [5, 5.41) is 15.7. The maximum atomic E-state index is 9.33. The number of aromatic hydroxyl groups is 1. The predicted octanol–water partition coefficient (Wildman–Crippen LogP) is -0.463. The lowest BCUT2D eigenvalue weighted by Gasteiger charge is -2.10. The first-order chi connectivity index (χ1) is 10.1. The Labute approximate surface area is 128 Å². The lowest BCUT2D eigenvalue weighted by Crippen LogP contribution is -2.32. The maximum Gasteiger partial charge on any atom is 0.120 e. The highest BCUT2D eigenvalue weighted by atomic mass is 16.3. The van der Waals surface area contributed by atoms with Crippen molar-refractivity contribution in [2.45, 2.75) is 6.54 Å². The van der Waals surface area contributed by atoms with Crippen LogP contribution in [0.25, 0.3) is 0 Å². The van der Waals surface area contributed by atoms with Crippen LogP contribution in [-0.2, 0) is 6.54 Å². The fourth-order valence-electron chi connectivity index (χ4n) is 1.62. The number of phenols is 1. The van der Waals surface area contributed by atoms with E-state index in [0.29, 0.717) is 18.8 Å². The van der Waals surface area contributed by atoms with Crippen LogP contribution < -0.4 is 22.1 Å². The number of para-hydroxylation sites is 1. The number of rotatable bonds is 9. The molecule has 0 saturated carbocycles. The van der Waals surface area contributed by atoms with E-state index >= 15 is 0 Å². The van der Waals surface area contributed by atoms with E-state index in [-0.39, 0.29) is 0 Å². The van der Waals surface area contributed by atoms with Crippen molar-refractivity contribution < 1.29 is 5.11 Å². The molecule has 0 aliphatic rings. The monoisotopic (exact) mass is 297 g/mol. The lowest BCUT2D eigenvalue weighted by atomic mass is 10.2. The number of hydrogen-bond donors (Lipinski definition) is 5. The van der Waals surface area contributed by atoms with E-state index in [0.717, 1.165) is 38.3 Å². The van der Waals surface area contributed by atoms with Gasteiger partial charge in [0, 0.05) is 51.4 Å². The Kier molecular flexibility index (Phi) is 13.0. The molecule has 122 valence electrons. The molecule has 0 aliphatic heterocycles. The highest BCUT2D eigenvalue weighted by Gasteiger charge is 1.98. The van der Waals surface area contributed by atoms with Gasteiger partial charge in [0.1, 0.15) is 5.75 Å². The van der Waals surface area contributed by atoms with Gasteiger partial charge < -0.3 is 32.1 Å². The van der Waals surface area contributed by atoms with E-state index in [2.05, 4.69) is 10.6 Å². The minimum atomic E-state index is 0.376. The quantitative estimate of drug-likeness (QED) is 0.396. The van der Waals surface area contributed by atoms with Gasteiger partial charge in [-0.1, -0.05) is 18.2 Å². The van der Waals surface area contributed by atoms with Crippen molar-refractivity contribution in [3.8, 4) is 5.75 Å². The summed E-state index contributed by atoms with van der Waals surface area (Å²) in [7, 11) is 3.96. The molecule has 6 heteroatoms. The van der Waals surface area contributed by atoms with Gasteiger partial charge >= 0.3 is 0 Å². The molecule has 0 radical (unpaired) electrons. The fourth-order valence-corrected chi connectivity index (χ4v) is 1.62. The van der Waals surface area contributed by atoms with Crippen molar-refractivity contribution in [1.29, 1.82) is 0 Å². The van der Waals surface area contributed by atoms with E-state index in [9.17, 15) is 5.11 Å². The topological polar surface area (TPSA) is 99.6 Å². The standard InChI is InChI=1S/C9H13NO.C6H18N4/c1-10(2)7-8-5-3-4-6-9(8)11;7-1-3-9-5-6-10-4-2-8/h3-6,11H,7H2,1-2H3;9-10H,1-8H2. The summed E-state index contributed by atoms with van der Waals surface area (Å²) in [6.45, 7) is 5.92. The Bertz CT molecular complexity index is 339. The molecule has 0 bridgehead atoms. The second-order valence-electron chi connectivity index (χ2n) is 4.94. The average Bonchev–Trinajstić information content (AvgIpc) is 2.46. The Morgan fingerprint density at radius 3 is 1.90 bits per heavy atom. The molecule has 0 atom stereocenters. The van der Waals surface area contributed by atoms with Gasteiger partial charge in [0.2, 0.25) is 0 Å². The van der Waals surface area contributed by atoms with Crippen LogP contribution in [0.15, 0.2) is 24.3 Å². The highest BCUT2D eigenvalue weighted by Crippen LogP contribution is 2.16. The largest absolute Gasteiger partial charge is 0.508 e. The molecule has 0 aliphatic carbocycles. The molecule has 7 N–H and O–H groups in total. The van der Waals surface area contributed by atoms with Gasteiger partial charge in [-0.3, -0.25) is 0 Å². The second-order valence-corrected chi connectivity index (χ2v) is 4.94. The summed E-state index contributed by atoms with van der Waals surface area (Å²) < 4.78 is 0. The van der Waals surface area contributed by atoms with E-state index in [1.54, 1.807) is 6.07 Å². The Morgan fingerprint density at radius 2 is 1.48 bits per heavy atom. The van der Waals surface area contributed by atoms with Crippen LogP contribution >= 0.6 is 0 Å². The van der Waals surface area contributed by atoms with Gasteiger partial charge in [0.25, 0.3) is 0 Å². The molecular formula is C15H31N5O. The maximum absolute atomic E-state index is 9.33. The molecule has 1 rings (SSSR count). The predicted molar refractivity (Wildman–Crippen MR) is 89.3 cm³/mol. The molecule has 0 unspecified atom stereocenters. The molecule has 0 amide bonds. The zero-order valence-corrected chi connectivity index (χ0v) is 13.3. The summed E-state index contributed by atoms with van der Waals surface area (Å²) in [4.78, 5) is 2.02. The zero-order valence-electron chi connectivity index (χ0n) is 13.3. The van der Waals surface area contributed by atoms with Crippen LogP contribution in [0.1, 0.15) is 5.56 Å². The summed E-state index contributed by atoms with van der Waals surface area (Å²) in [5.41, 5.74) is 11.5. The molecule has 21 heavy (non-hydrogen) atoms. The Balaban J connectivity index is 0.000000384. The summed E-state index contributed by atoms with van der Waals surface area (Å²) >= 11 is 0. The van der Waals surface area contributed by atoms with E-state index < -0.39 is 0 Å². The van der Waals surface area contributed by atoms with Crippen molar-refractivity contribution in [2.75, 3.05) is 53.4 Å². The first kappa shape index (κ1) is 19.8. The molecule has 0 spiro atoms. The van der Waals surface area contributed by atoms with Crippen molar-refractivity contribution in [2.24, 2.45) is 11.5 Å². The molecular weight excluding hydrogens is 266 g/mol. The van der Waals surface area contributed by atoms with Crippen LogP contribution in [0.4, 0.5) is 0 Å². The smallest absolute Gasteiger partial charge is 0.120 e. The van der Waals surface area contributed by atoms with E-state index in [1.165, 1.54) is 0 Å². The van der Waals surface area contributed by atoms with Crippen LogP contribution in [0, 0.1) is 0 Å². The number of hydrogen-bond acceptors (Lipinski definition) is 6. The average molecular weight is 297 g/mol. The van der Waals surface area contributed by atoms with Crippen LogP contribution in [0.5, 0.6) is 5.75 Å². The van der Waals surface area contributed by atoms with Crippen LogP contribution in [0.2, 0.25) is 0 Å². The second kappa shape index (κ2) is 13.8. The zero-order chi connectivity index (χ0) is 15.9. The van der Waals surface area contributed by atoms with Crippen LogP contribution in [-0.4, -0.2) is 63.4 Å². The molecule has 0 heterocycles. The SMILES string of the molecule is CN(C)Cc1ccccc1O.NCCNCCNCCN. The van der Waals surface area contributed by atoms with Gasteiger partial charge in [0.15, 0.2) is 0 Å². The first-order valence-corrected chi connectivity index (χ1v) is 7.35. The summed E-state index contributed by atoms with van der Waals surface area (Å²) in [5.74, 6) is 0.376. The number of phenolic OH excluding ortho intramolecular Hbond substituents is 1. The van der Waals surface area contributed by atoms with Crippen molar-refractivity contribution >= 4 is 0 Å². The van der Waals surface area contributed by atoms with Crippen LogP contribution in [0.3, 0.4) is 0 Å². The molecule has 6 nitrogen and oxygen atoms in total. The molecule has 1 aromatic rings. The summed E-state index contributed by atoms with van der Waals surface area (Å²) in [6.07, 6.45) is 0. The molecule has 1 aromatic carbocycles. The van der Waals surface area contributed by atoms with Gasteiger partial charge in [-0.15, -0.1) is 0 Å². The van der Waals surface area contributed by atoms with Crippen molar-refractivity contribution in [3.63, 3.8) is 0 Å². The van der Waals surface area contributed by atoms with E-state index in [1.807, 2.05) is 37.2 Å². The van der Waals surface area contributed by atoms with Gasteiger partial charge in [-0.05, 0) is 20.2 Å². The first-order valence-electron chi connectivity index (χ1n) is 7.35. The third-order valence-corrected chi connectivity index (χ3v) is 2.60. The van der Waals surface area contributed by atoms with Crippen molar-refractivity contribution in [1.82, 2.24) is 15.5 Å². The van der Waals surface area contributed by atoms with E-state index in [4.69, 9.17) is 11.5 Å². The van der Waals surface area contributed by atoms with Gasteiger partial charge in [-0.2, -0.15) is 0 Å².